The summed E-state index contributed by atoms with van der Waals surface area (Å²) in [7, 11) is 0. The number of nitrogens with zero attached hydrogens (tertiary/aromatic N) is 2. The summed E-state index contributed by atoms with van der Waals surface area (Å²) in [5.41, 5.74) is 2.98. The van der Waals surface area contributed by atoms with E-state index in [0.29, 0.717) is 28.2 Å². The predicted molar refractivity (Wildman–Crippen MR) is 119 cm³/mol. The summed E-state index contributed by atoms with van der Waals surface area (Å²) in [6.07, 6.45) is 3.52. The summed E-state index contributed by atoms with van der Waals surface area (Å²) >= 11 is 1.30. The van der Waals surface area contributed by atoms with Gasteiger partial charge in [-0.05, 0) is 59.1 Å². The van der Waals surface area contributed by atoms with E-state index in [4.69, 9.17) is 5.11 Å². The maximum Gasteiger partial charge on any atom is 0.335 e. The standard InChI is InChI=1S/C23H22N2O3S/c1-4-13-25-21(26)20(14-16-5-7-17(8-6-16)15(2)3)29-23(25)24-19-11-9-18(10-12-19)22(27)28/h4-12,14-15H,1,13H2,2-3H3,(H,27,28)/b20-14-,24-23?. The van der Waals surface area contributed by atoms with Crippen LogP contribution in [-0.2, 0) is 4.79 Å². The number of aliphatic imine (C=N–C) groups is 1. The molecule has 1 heterocycles. The average Bonchev–Trinajstić information content (AvgIpc) is 2.98. The Balaban J connectivity index is 1.89. The number of carboxylic acids is 1. The van der Waals surface area contributed by atoms with Crippen LogP contribution in [-0.4, -0.2) is 33.6 Å². The highest BCUT2D eigenvalue weighted by molar-refractivity contribution is 8.18. The van der Waals surface area contributed by atoms with E-state index in [0.717, 1.165) is 5.56 Å². The molecule has 29 heavy (non-hydrogen) atoms. The third-order valence-corrected chi connectivity index (χ3v) is 5.45. The van der Waals surface area contributed by atoms with E-state index in [1.54, 1.807) is 23.1 Å². The van der Waals surface area contributed by atoms with Gasteiger partial charge in [0.1, 0.15) is 0 Å². The van der Waals surface area contributed by atoms with Gasteiger partial charge in [-0.25, -0.2) is 9.79 Å². The maximum atomic E-state index is 12.8. The minimum absolute atomic E-state index is 0.122. The van der Waals surface area contributed by atoms with Crippen molar-refractivity contribution in [1.82, 2.24) is 4.90 Å². The highest BCUT2D eigenvalue weighted by Crippen LogP contribution is 2.34. The van der Waals surface area contributed by atoms with E-state index in [1.165, 1.54) is 29.5 Å². The summed E-state index contributed by atoms with van der Waals surface area (Å²) in [5, 5.41) is 9.56. The van der Waals surface area contributed by atoms with Crippen molar-refractivity contribution in [2.45, 2.75) is 19.8 Å². The molecule has 1 amide bonds. The molecule has 1 aliphatic heterocycles. The van der Waals surface area contributed by atoms with Gasteiger partial charge in [0.05, 0.1) is 16.2 Å². The Bertz CT molecular complexity index is 990. The first-order valence-electron chi connectivity index (χ1n) is 9.23. The van der Waals surface area contributed by atoms with Crippen LogP contribution in [0.25, 0.3) is 6.08 Å². The molecule has 1 saturated heterocycles. The molecule has 2 aromatic carbocycles. The van der Waals surface area contributed by atoms with Crippen molar-refractivity contribution in [2.24, 2.45) is 4.99 Å². The molecule has 1 aliphatic rings. The number of amidine groups is 1. The van der Waals surface area contributed by atoms with Crippen molar-refractivity contribution < 1.29 is 14.7 Å². The maximum absolute atomic E-state index is 12.8. The van der Waals surface area contributed by atoms with Gasteiger partial charge in [0, 0.05) is 6.54 Å². The summed E-state index contributed by atoms with van der Waals surface area (Å²) in [6.45, 7) is 8.36. The van der Waals surface area contributed by atoms with Gasteiger partial charge in [-0.2, -0.15) is 0 Å². The third kappa shape index (κ3) is 4.84. The molecule has 148 valence electrons. The summed E-state index contributed by atoms with van der Waals surface area (Å²) in [4.78, 5) is 30.5. The van der Waals surface area contributed by atoms with Gasteiger partial charge in [0.2, 0.25) is 0 Å². The molecule has 1 fully saturated rings. The van der Waals surface area contributed by atoms with E-state index in [-0.39, 0.29) is 11.5 Å². The zero-order chi connectivity index (χ0) is 21.0. The lowest BCUT2D eigenvalue weighted by Gasteiger charge is -2.12. The highest BCUT2D eigenvalue weighted by Gasteiger charge is 2.32. The number of rotatable bonds is 6. The van der Waals surface area contributed by atoms with Gasteiger partial charge in [0.15, 0.2) is 5.17 Å². The Labute approximate surface area is 174 Å². The van der Waals surface area contributed by atoms with Crippen LogP contribution in [0, 0.1) is 0 Å². The van der Waals surface area contributed by atoms with Gasteiger partial charge in [-0.15, -0.1) is 6.58 Å². The Hall–Kier alpha value is -3.12. The second-order valence-corrected chi connectivity index (χ2v) is 7.89. The average molecular weight is 407 g/mol. The molecule has 0 atom stereocenters. The first-order chi connectivity index (χ1) is 13.9. The third-order valence-electron chi connectivity index (χ3n) is 4.44. The summed E-state index contributed by atoms with van der Waals surface area (Å²) in [5.74, 6) is -0.658. The van der Waals surface area contributed by atoms with Crippen molar-refractivity contribution in [1.29, 1.82) is 0 Å². The van der Waals surface area contributed by atoms with Crippen LogP contribution in [0.3, 0.4) is 0 Å². The van der Waals surface area contributed by atoms with Gasteiger partial charge < -0.3 is 5.11 Å². The number of hydrogen-bond acceptors (Lipinski definition) is 4. The Morgan fingerprint density at radius 1 is 1.17 bits per heavy atom. The van der Waals surface area contributed by atoms with Crippen LogP contribution < -0.4 is 0 Å². The number of amides is 1. The van der Waals surface area contributed by atoms with Crippen LogP contribution in [0.5, 0.6) is 0 Å². The molecule has 0 saturated carbocycles. The fraction of sp³-hybridized carbons (Fsp3) is 0.174. The van der Waals surface area contributed by atoms with Gasteiger partial charge in [-0.3, -0.25) is 9.69 Å². The number of thioether (sulfide) groups is 1. The second-order valence-electron chi connectivity index (χ2n) is 6.88. The van der Waals surface area contributed by atoms with E-state index in [9.17, 15) is 9.59 Å². The largest absolute Gasteiger partial charge is 0.478 e. The number of aromatic carboxylic acids is 1. The SMILES string of the molecule is C=CCN1C(=O)/C(=C/c2ccc(C(C)C)cc2)SC1=Nc1ccc(C(=O)O)cc1. The molecule has 5 nitrogen and oxygen atoms in total. The molecule has 0 aromatic heterocycles. The Morgan fingerprint density at radius 3 is 2.38 bits per heavy atom. The minimum Gasteiger partial charge on any atom is -0.478 e. The van der Waals surface area contributed by atoms with E-state index in [1.807, 2.05) is 18.2 Å². The van der Waals surface area contributed by atoms with Crippen LogP contribution in [0.4, 0.5) is 5.69 Å². The number of hydrogen-bond donors (Lipinski definition) is 1. The molecule has 3 rings (SSSR count). The zero-order valence-corrected chi connectivity index (χ0v) is 17.1. The highest BCUT2D eigenvalue weighted by atomic mass is 32.2. The fourth-order valence-electron chi connectivity index (χ4n) is 2.80. The van der Waals surface area contributed by atoms with Crippen molar-refractivity contribution in [3.8, 4) is 0 Å². The van der Waals surface area contributed by atoms with E-state index >= 15 is 0 Å². The van der Waals surface area contributed by atoms with E-state index < -0.39 is 5.97 Å². The smallest absolute Gasteiger partial charge is 0.335 e. The second kappa shape index (κ2) is 8.92. The van der Waals surface area contributed by atoms with Gasteiger partial charge in [-0.1, -0.05) is 44.2 Å². The number of carboxylic acid groups (broad SMARTS) is 1. The molecule has 1 N–H and O–H groups in total. The molecule has 0 bridgehead atoms. The van der Waals surface area contributed by atoms with Gasteiger partial charge in [0.25, 0.3) is 5.91 Å². The quantitative estimate of drug-likeness (QED) is 0.522. The lowest BCUT2D eigenvalue weighted by molar-refractivity contribution is -0.121. The fourth-order valence-corrected chi connectivity index (χ4v) is 3.81. The predicted octanol–water partition coefficient (Wildman–Crippen LogP) is 5.30. The van der Waals surface area contributed by atoms with Crippen LogP contribution >= 0.6 is 11.8 Å². The monoisotopic (exact) mass is 406 g/mol. The molecular weight excluding hydrogens is 384 g/mol. The zero-order valence-electron chi connectivity index (χ0n) is 16.3. The molecule has 0 unspecified atom stereocenters. The molecule has 0 radical (unpaired) electrons. The minimum atomic E-state index is -0.989. The first kappa shape index (κ1) is 20.6. The van der Waals surface area contributed by atoms with Crippen molar-refractivity contribution in [3.05, 3.63) is 82.8 Å². The number of carbonyl (C=O) groups excluding carboxylic acids is 1. The van der Waals surface area contributed by atoms with Gasteiger partial charge >= 0.3 is 5.97 Å². The lowest BCUT2D eigenvalue weighted by Crippen LogP contribution is -2.29. The van der Waals surface area contributed by atoms with Crippen molar-refractivity contribution >= 4 is 40.6 Å². The van der Waals surface area contributed by atoms with Crippen LogP contribution in [0.1, 0.15) is 41.3 Å². The van der Waals surface area contributed by atoms with E-state index in [2.05, 4.69) is 37.6 Å². The number of carbonyl (C=O) groups is 2. The summed E-state index contributed by atoms with van der Waals surface area (Å²) in [6, 6.07) is 14.4. The molecule has 0 spiro atoms. The van der Waals surface area contributed by atoms with Crippen molar-refractivity contribution in [3.63, 3.8) is 0 Å². The Morgan fingerprint density at radius 2 is 1.83 bits per heavy atom. The van der Waals surface area contributed by atoms with Crippen LogP contribution in [0.15, 0.2) is 71.1 Å². The normalized spacial score (nSPS) is 16.8. The molecule has 0 aliphatic carbocycles. The molecule has 2 aromatic rings. The lowest BCUT2D eigenvalue weighted by atomic mass is 10.0. The Kier molecular flexibility index (Phi) is 6.34. The first-order valence-corrected chi connectivity index (χ1v) is 10.0. The van der Waals surface area contributed by atoms with Crippen molar-refractivity contribution in [2.75, 3.05) is 6.54 Å². The molecule has 6 heteroatoms. The number of benzene rings is 2. The topological polar surface area (TPSA) is 70.0 Å². The van der Waals surface area contributed by atoms with Crippen LogP contribution in [0.2, 0.25) is 0 Å². The molecular formula is C23H22N2O3S. The summed E-state index contributed by atoms with van der Waals surface area (Å²) < 4.78 is 0.